The maximum absolute atomic E-state index is 14.7. The molecule has 2 aromatic rings. The maximum atomic E-state index is 14.7. The normalized spacial score (nSPS) is 20.2. The van der Waals surface area contributed by atoms with Crippen molar-refractivity contribution in [2.75, 3.05) is 7.11 Å². The van der Waals surface area contributed by atoms with Crippen LogP contribution in [0.1, 0.15) is 27.7 Å². The van der Waals surface area contributed by atoms with Crippen LogP contribution in [0.3, 0.4) is 0 Å². The smallest absolute Gasteiger partial charge is 0.494 e. The highest BCUT2D eigenvalue weighted by Gasteiger charge is 2.53. The molecule has 0 spiro atoms. The third-order valence-electron chi connectivity index (χ3n) is 4.28. The SMILES string of the molecule is COc1cccn2nc(B3OC(C)(C)C(C)(C)O3)c(F)c12. The van der Waals surface area contributed by atoms with Gasteiger partial charge in [-0.1, -0.05) is 0 Å². The highest BCUT2D eigenvalue weighted by Crippen LogP contribution is 2.36. The van der Waals surface area contributed by atoms with Gasteiger partial charge in [-0.25, -0.2) is 8.91 Å². The Morgan fingerprint density at radius 2 is 1.86 bits per heavy atom. The topological polar surface area (TPSA) is 45.0 Å². The van der Waals surface area contributed by atoms with E-state index in [2.05, 4.69) is 5.10 Å². The second-order valence-electron chi connectivity index (χ2n) is 6.16. The fourth-order valence-corrected chi connectivity index (χ4v) is 2.32. The molecule has 1 fully saturated rings. The molecule has 1 aliphatic rings. The Bertz CT molecular complexity index is 683. The van der Waals surface area contributed by atoms with E-state index < -0.39 is 24.1 Å². The van der Waals surface area contributed by atoms with Crippen molar-refractivity contribution >= 4 is 18.2 Å². The highest BCUT2D eigenvalue weighted by molar-refractivity contribution is 6.61. The van der Waals surface area contributed by atoms with Crippen LogP contribution in [0.2, 0.25) is 0 Å². The first-order chi connectivity index (χ1) is 9.77. The van der Waals surface area contributed by atoms with Gasteiger partial charge in [0, 0.05) is 6.20 Å². The molecular weight excluding hydrogens is 274 g/mol. The largest absolute Gasteiger partial charge is 0.519 e. The number of pyridine rings is 1. The van der Waals surface area contributed by atoms with Crippen molar-refractivity contribution in [1.29, 1.82) is 0 Å². The molecule has 21 heavy (non-hydrogen) atoms. The van der Waals surface area contributed by atoms with Crippen molar-refractivity contribution < 1.29 is 18.4 Å². The van der Waals surface area contributed by atoms with Crippen LogP contribution in [0.15, 0.2) is 18.3 Å². The minimum Gasteiger partial charge on any atom is -0.494 e. The van der Waals surface area contributed by atoms with Gasteiger partial charge in [-0.05, 0) is 39.8 Å². The third-order valence-corrected chi connectivity index (χ3v) is 4.28. The summed E-state index contributed by atoms with van der Waals surface area (Å²) in [5, 5.41) is 4.25. The lowest BCUT2D eigenvalue weighted by Gasteiger charge is -2.32. The molecule has 0 saturated carbocycles. The zero-order chi connectivity index (χ0) is 15.4. The number of halogens is 1. The Morgan fingerprint density at radius 3 is 2.43 bits per heavy atom. The van der Waals surface area contributed by atoms with Crippen LogP contribution in [0.5, 0.6) is 5.75 Å². The standard InChI is InChI=1S/C14H18BFN2O3/c1-13(2)14(3,4)21-15(20-13)12-10(16)11-9(19-5)7-6-8-18(11)17-12/h6-8H,1-5H3. The highest BCUT2D eigenvalue weighted by atomic mass is 19.1. The Labute approximate surface area is 123 Å². The van der Waals surface area contributed by atoms with E-state index in [1.165, 1.54) is 11.6 Å². The zero-order valence-electron chi connectivity index (χ0n) is 12.8. The van der Waals surface area contributed by atoms with Crippen molar-refractivity contribution in [2.45, 2.75) is 38.9 Å². The summed E-state index contributed by atoms with van der Waals surface area (Å²) < 4.78 is 33.0. The summed E-state index contributed by atoms with van der Waals surface area (Å²) in [6.07, 6.45) is 1.66. The van der Waals surface area contributed by atoms with Gasteiger partial charge in [0.05, 0.1) is 18.3 Å². The predicted molar refractivity (Wildman–Crippen MR) is 77.4 cm³/mol. The van der Waals surface area contributed by atoms with E-state index in [1.807, 2.05) is 27.7 Å². The van der Waals surface area contributed by atoms with Crippen molar-refractivity contribution in [3.05, 3.63) is 24.1 Å². The number of aromatic nitrogens is 2. The Balaban J connectivity index is 2.09. The minimum atomic E-state index is -0.834. The lowest BCUT2D eigenvalue weighted by Crippen LogP contribution is -2.41. The van der Waals surface area contributed by atoms with Crippen LogP contribution in [-0.2, 0) is 9.31 Å². The number of ether oxygens (including phenoxy) is 1. The molecular formula is C14H18BFN2O3. The Hall–Kier alpha value is -1.60. The molecule has 5 nitrogen and oxygen atoms in total. The van der Waals surface area contributed by atoms with Crippen LogP contribution in [0, 0.1) is 5.82 Å². The molecule has 3 rings (SSSR count). The van der Waals surface area contributed by atoms with E-state index in [1.54, 1.807) is 18.3 Å². The number of hydrogen-bond acceptors (Lipinski definition) is 4. The number of nitrogens with zero attached hydrogens (tertiary/aromatic N) is 2. The molecule has 0 aliphatic carbocycles. The predicted octanol–water partition coefficient (Wildman–Crippen LogP) is 1.78. The molecule has 112 valence electrons. The fraction of sp³-hybridized carbons (Fsp3) is 0.500. The third kappa shape index (κ3) is 2.03. The van der Waals surface area contributed by atoms with Gasteiger partial charge in [0.2, 0.25) is 0 Å². The quantitative estimate of drug-likeness (QED) is 0.792. The van der Waals surface area contributed by atoms with E-state index in [0.717, 1.165) is 0 Å². The van der Waals surface area contributed by atoms with Crippen LogP contribution >= 0.6 is 0 Å². The summed E-state index contributed by atoms with van der Waals surface area (Å²) in [5.74, 6) is -0.0591. The summed E-state index contributed by atoms with van der Waals surface area (Å²) >= 11 is 0. The van der Waals surface area contributed by atoms with Gasteiger partial charge in [0.15, 0.2) is 5.82 Å². The molecule has 0 aromatic carbocycles. The lowest BCUT2D eigenvalue weighted by molar-refractivity contribution is 0.00578. The molecule has 1 saturated heterocycles. The fourth-order valence-electron chi connectivity index (χ4n) is 2.32. The summed E-state index contributed by atoms with van der Waals surface area (Å²) in [5.41, 5.74) is -0.656. The maximum Gasteiger partial charge on any atom is 0.519 e. The van der Waals surface area contributed by atoms with Gasteiger partial charge in [0.1, 0.15) is 16.9 Å². The van der Waals surface area contributed by atoms with E-state index in [0.29, 0.717) is 5.75 Å². The van der Waals surface area contributed by atoms with Crippen LogP contribution in [-0.4, -0.2) is 35.0 Å². The van der Waals surface area contributed by atoms with Gasteiger partial charge >= 0.3 is 7.12 Å². The molecule has 2 aromatic heterocycles. The summed E-state index contributed by atoms with van der Waals surface area (Å²) in [6, 6.07) is 3.43. The monoisotopic (exact) mass is 292 g/mol. The number of methoxy groups -OCH3 is 1. The van der Waals surface area contributed by atoms with Crippen molar-refractivity contribution in [3.63, 3.8) is 0 Å². The van der Waals surface area contributed by atoms with Crippen LogP contribution < -0.4 is 10.3 Å². The molecule has 0 amide bonds. The average molecular weight is 292 g/mol. The summed E-state index contributed by atoms with van der Waals surface area (Å²) in [4.78, 5) is 0. The lowest BCUT2D eigenvalue weighted by atomic mass is 9.84. The van der Waals surface area contributed by atoms with E-state index in [9.17, 15) is 4.39 Å². The zero-order valence-corrected chi connectivity index (χ0v) is 12.8. The molecule has 0 radical (unpaired) electrons. The molecule has 1 aliphatic heterocycles. The van der Waals surface area contributed by atoms with Gasteiger partial charge < -0.3 is 14.0 Å². The molecule has 7 heteroatoms. The van der Waals surface area contributed by atoms with Crippen LogP contribution in [0.4, 0.5) is 4.39 Å². The minimum absolute atomic E-state index is 0.137. The molecule has 0 atom stereocenters. The molecule has 0 bridgehead atoms. The average Bonchev–Trinajstić information content (AvgIpc) is 2.84. The van der Waals surface area contributed by atoms with Gasteiger partial charge in [-0.15, -0.1) is 0 Å². The van der Waals surface area contributed by atoms with Gasteiger partial charge in [-0.2, -0.15) is 5.10 Å². The van der Waals surface area contributed by atoms with E-state index >= 15 is 0 Å². The summed E-state index contributed by atoms with van der Waals surface area (Å²) in [6.45, 7) is 7.67. The number of fused-ring (bicyclic) bond motifs is 1. The second-order valence-corrected chi connectivity index (χ2v) is 6.16. The number of hydrogen-bond donors (Lipinski definition) is 0. The van der Waals surface area contributed by atoms with E-state index in [4.69, 9.17) is 14.0 Å². The first kappa shape index (κ1) is 14.3. The Kier molecular flexibility index (Phi) is 3.04. The Morgan fingerprint density at radius 1 is 1.24 bits per heavy atom. The molecule has 0 N–H and O–H groups in total. The van der Waals surface area contributed by atoms with Crippen molar-refractivity contribution in [3.8, 4) is 5.75 Å². The number of rotatable bonds is 2. The van der Waals surface area contributed by atoms with Gasteiger partial charge in [-0.3, -0.25) is 0 Å². The van der Waals surface area contributed by atoms with Crippen molar-refractivity contribution in [1.82, 2.24) is 9.61 Å². The van der Waals surface area contributed by atoms with Crippen LogP contribution in [0.25, 0.3) is 5.52 Å². The second kappa shape index (κ2) is 4.45. The first-order valence-electron chi connectivity index (χ1n) is 6.83. The van der Waals surface area contributed by atoms with Gasteiger partial charge in [0.25, 0.3) is 0 Å². The van der Waals surface area contributed by atoms with Crippen molar-refractivity contribution in [2.24, 2.45) is 0 Å². The molecule has 3 heterocycles. The first-order valence-corrected chi connectivity index (χ1v) is 6.83. The summed E-state index contributed by atoms with van der Waals surface area (Å²) in [7, 11) is 0.663. The molecule has 0 unspecified atom stereocenters. The van der Waals surface area contributed by atoms with E-state index in [-0.39, 0.29) is 11.1 Å².